The third-order valence-corrected chi connectivity index (χ3v) is 3.55. The summed E-state index contributed by atoms with van der Waals surface area (Å²) in [5.74, 6) is 0. The summed E-state index contributed by atoms with van der Waals surface area (Å²) in [7, 11) is 0. The van der Waals surface area contributed by atoms with Gasteiger partial charge in [-0.15, -0.1) is 0 Å². The normalized spacial score (nSPS) is 12.3. The van der Waals surface area contributed by atoms with Crippen LogP contribution in [-0.2, 0) is 0 Å². The third kappa shape index (κ3) is 5.00. The average molecular weight is 349 g/mol. The van der Waals surface area contributed by atoms with Crippen molar-refractivity contribution in [2.24, 2.45) is 10.2 Å². The molecule has 0 aromatic heterocycles. The number of nitro groups is 1. The highest BCUT2D eigenvalue weighted by Crippen LogP contribution is 2.29. The summed E-state index contributed by atoms with van der Waals surface area (Å²) >= 11 is 5.83. The van der Waals surface area contributed by atoms with Gasteiger partial charge < -0.3 is 10.4 Å². The van der Waals surface area contributed by atoms with Crippen LogP contribution in [0.15, 0.2) is 52.7 Å². The van der Waals surface area contributed by atoms with E-state index >= 15 is 0 Å². The fraction of sp³-hybridized carbons (Fsp3) is 0.250. The largest absolute Gasteiger partial charge is 0.396 e. The number of aliphatic hydroxyl groups excluding tert-OH is 1. The van der Waals surface area contributed by atoms with Crippen LogP contribution in [0.25, 0.3) is 0 Å². The van der Waals surface area contributed by atoms with Gasteiger partial charge in [-0.2, -0.15) is 10.2 Å². The molecule has 0 heterocycles. The third-order valence-electron chi connectivity index (χ3n) is 3.25. The smallest absolute Gasteiger partial charge is 0.288 e. The predicted molar refractivity (Wildman–Crippen MR) is 93.5 cm³/mol. The second-order valence-electron chi connectivity index (χ2n) is 5.20. The van der Waals surface area contributed by atoms with E-state index in [0.29, 0.717) is 17.8 Å². The number of nitro benzene ring substituents is 1. The molecule has 126 valence electrons. The van der Waals surface area contributed by atoms with Crippen molar-refractivity contribution in [3.05, 3.63) is 57.6 Å². The average Bonchev–Trinajstić information content (AvgIpc) is 2.54. The predicted octanol–water partition coefficient (Wildman–Crippen LogP) is 4.85. The molecule has 1 unspecified atom stereocenters. The molecule has 24 heavy (non-hydrogen) atoms. The van der Waals surface area contributed by atoms with Crippen molar-refractivity contribution in [1.82, 2.24) is 0 Å². The molecule has 0 aliphatic rings. The zero-order valence-corrected chi connectivity index (χ0v) is 13.8. The van der Waals surface area contributed by atoms with Gasteiger partial charge in [-0.25, -0.2) is 0 Å². The second kappa shape index (κ2) is 8.37. The van der Waals surface area contributed by atoms with E-state index in [2.05, 4.69) is 15.5 Å². The van der Waals surface area contributed by atoms with Crippen LogP contribution in [0.1, 0.15) is 13.3 Å². The van der Waals surface area contributed by atoms with Gasteiger partial charge in [0.2, 0.25) is 0 Å². The molecule has 0 aliphatic heterocycles. The van der Waals surface area contributed by atoms with Crippen LogP contribution < -0.4 is 5.32 Å². The first-order chi connectivity index (χ1) is 11.5. The fourth-order valence-corrected chi connectivity index (χ4v) is 2.24. The summed E-state index contributed by atoms with van der Waals surface area (Å²) in [4.78, 5) is 10.2. The van der Waals surface area contributed by atoms with E-state index in [1.807, 2.05) is 19.1 Å². The number of aliphatic hydroxyl groups is 1. The molecule has 0 fully saturated rings. The van der Waals surface area contributed by atoms with Crippen LogP contribution in [0.4, 0.5) is 22.7 Å². The van der Waals surface area contributed by atoms with Gasteiger partial charge in [-0.3, -0.25) is 10.1 Å². The van der Waals surface area contributed by atoms with E-state index in [1.54, 1.807) is 12.1 Å². The summed E-state index contributed by atoms with van der Waals surface area (Å²) in [6, 6.07) is 11.7. The van der Waals surface area contributed by atoms with Crippen molar-refractivity contribution in [2.45, 2.75) is 19.4 Å². The number of anilines is 1. The van der Waals surface area contributed by atoms with Crippen molar-refractivity contribution in [3.63, 3.8) is 0 Å². The first-order valence-electron chi connectivity index (χ1n) is 7.32. The molecule has 8 heteroatoms. The van der Waals surface area contributed by atoms with Gasteiger partial charge in [0.15, 0.2) is 0 Å². The van der Waals surface area contributed by atoms with Crippen LogP contribution in [0, 0.1) is 10.1 Å². The molecule has 7 nitrogen and oxygen atoms in total. The number of nitrogens with zero attached hydrogens (tertiary/aromatic N) is 3. The highest BCUT2D eigenvalue weighted by Gasteiger charge is 2.11. The summed E-state index contributed by atoms with van der Waals surface area (Å²) in [6.45, 7) is 2.13. The zero-order valence-electron chi connectivity index (χ0n) is 13.0. The number of hydrogen-bond acceptors (Lipinski definition) is 6. The van der Waals surface area contributed by atoms with Crippen molar-refractivity contribution >= 4 is 34.4 Å². The standard InChI is InChI=1S/C16H17ClN4O3/c1-11(8-9-22)18-12-2-4-13(5-3-12)19-20-14-6-7-16(21(23)24)15(17)10-14/h2-7,10-11,18,22H,8-9H2,1H3/b20-19+. The summed E-state index contributed by atoms with van der Waals surface area (Å²) < 4.78 is 0. The molecular formula is C16H17ClN4O3. The van der Waals surface area contributed by atoms with Crippen LogP contribution in [0.5, 0.6) is 0 Å². The Bertz CT molecular complexity index is 735. The molecule has 2 aromatic carbocycles. The van der Waals surface area contributed by atoms with Crippen molar-refractivity contribution in [3.8, 4) is 0 Å². The topological polar surface area (TPSA) is 100 Å². The van der Waals surface area contributed by atoms with E-state index < -0.39 is 4.92 Å². The van der Waals surface area contributed by atoms with Crippen LogP contribution in [0.2, 0.25) is 5.02 Å². The quantitative estimate of drug-likeness (QED) is 0.424. The summed E-state index contributed by atoms with van der Waals surface area (Å²) in [5.41, 5.74) is 1.84. The number of benzene rings is 2. The minimum absolute atomic E-state index is 0.0221. The first kappa shape index (κ1) is 17.8. The Kier molecular flexibility index (Phi) is 6.22. The van der Waals surface area contributed by atoms with Crippen molar-refractivity contribution in [2.75, 3.05) is 11.9 Å². The number of nitrogens with one attached hydrogen (secondary N) is 1. The molecule has 0 spiro atoms. The molecule has 2 aromatic rings. The Morgan fingerprint density at radius 3 is 2.42 bits per heavy atom. The molecule has 0 amide bonds. The second-order valence-corrected chi connectivity index (χ2v) is 5.60. The molecule has 0 aliphatic carbocycles. The Labute approximate surface area is 144 Å². The van der Waals surface area contributed by atoms with Gasteiger partial charge in [-0.05, 0) is 49.7 Å². The molecule has 0 radical (unpaired) electrons. The minimum Gasteiger partial charge on any atom is -0.396 e. The van der Waals surface area contributed by atoms with Gasteiger partial charge >= 0.3 is 0 Å². The maximum Gasteiger partial charge on any atom is 0.288 e. The van der Waals surface area contributed by atoms with E-state index in [4.69, 9.17) is 16.7 Å². The number of hydrogen-bond donors (Lipinski definition) is 2. The number of rotatable bonds is 7. The lowest BCUT2D eigenvalue weighted by atomic mass is 10.2. The zero-order chi connectivity index (χ0) is 17.5. The highest BCUT2D eigenvalue weighted by molar-refractivity contribution is 6.32. The minimum atomic E-state index is -0.549. The van der Waals surface area contributed by atoms with Gasteiger partial charge in [-0.1, -0.05) is 11.6 Å². The molecule has 0 saturated carbocycles. The maximum absolute atomic E-state index is 10.7. The monoisotopic (exact) mass is 348 g/mol. The van der Waals surface area contributed by atoms with Crippen molar-refractivity contribution in [1.29, 1.82) is 0 Å². The lowest BCUT2D eigenvalue weighted by Gasteiger charge is -2.13. The first-order valence-corrected chi connectivity index (χ1v) is 7.70. The SMILES string of the molecule is CC(CCO)Nc1ccc(/N=N/c2ccc([N+](=O)[O-])c(Cl)c2)cc1. The van der Waals surface area contributed by atoms with Gasteiger partial charge in [0.05, 0.1) is 16.3 Å². The van der Waals surface area contributed by atoms with Gasteiger partial charge in [0, 0.05) is 24.4 Å². The lowest BCUT2D eigenvalue weighted by molar-refractivity contribution is -0.384. The van der Waals surface area contributed by atoms with E-state index in [-0.39, 0.29) is 23.4 Å². The Hall–Kier alpha value is -2.51. The Morgan fingerprint density at radius 1 is 1.21 bits per heavy atom. The fourth-order valence-electron chi connectivity index (χ4n) is 2.00. The van der Waals surface area contributed by atoms with E-state index in [0.717, 1.165) is 5.69 Å². The van der Waals surface area contributed by atoms with Gasteiger partial charge in [0.1, 0.15) is 5.02 Å². The number of azo groups is 1. The Morgan fingerprint density at radius 2 is 1.83 bits per heavy atom. The Balaban J connectivity index is 2.04. The molecule has 0 bridgehead atoms. The van der Waals surface area contributed by atoms with Crippen LogP contribution >= 0.6 is 11.6 Å². The number of halogens is 1. The molecular weight excluding hydrogens is 332 g/mol. The molecule has 2 rings (SSSR count). The molecule has 2 N–H and O–H groups in total. The van der Waals surface area contributed by atoms with Crippen LogP contribution in [0.3, 0.4) is 0 Å². The summed E-state index contributed by atoms with van der Waals surface area (Å²) in [5, 5.41) is 31.0. The summed E-state index contributed by atoms with van der Waals surface area (Å²) in [6.07, 6.45) is 0.669. The van der Waals surface area contributed by atoms with Gasteiger partial charge in [0.25, 0.3) is 5.69 Å². The molecule has 0 saturated heterocycles. The maximum atomic E-state index is 10.7. The van der Waals surface area contributed by atoms with E-state index in [9.17, 15) is 10.1 Å². The molecule has 1 atom stereocenters. The van der Waals surface area contributed by atoms with Crippen LogP contribution in [-0.4, -0.2) is 22.7 Å². The van der Waals surface area contributed by atoms with E-state index in [1.165, 1.54) is 18.2 Å². The van der Waals surface area contributed by atoms with Crippen molar-refractivity contribution < 1.29 is 10.0 Å². The lowest BCUT2D eigenvalue weighted by Crippen LogP contribution is -2.16. The highest BCUT2D eigenvalue weighted by atomic mass is 35.5.